The van der Waals surface area contributed by atoms with E-state index in [1.54, 1.807) is 12.1 Å². The van der Waals surface area contributed by atoms with Gasteiger partial charge in [0.05, 0.1) is 24.3 Å². The molecule has 2 heterocycles. The summed E-state index contributed by atoms with van der Waals surface area (Å²) >= 11 is 0. The minimum absolute atomic E-state index is 0.0883. The molecule has 1 amide bonds. The normalized spacial score (nSPS) is 18.5. The van der Waals surface area contributed by atoms with Gasteiger partial charge in [-0.2, -0.15) is 9.65 Å². The van der Waals surface area contributed by atoms with E-state index in [0.29, 0.717) is 44.7 Å². The van der Waals surface area contributed by atoms with Crippen LogP contribution in [-0.4, -0.2) is 64.7 Å². The predicted molar refractivity (Wildman–Crippen MR) is 127 cm³/mol. The number of primary amides is 1. The zero-order valence-corrected chi connectivity index (χ0v) is 19.6. The molecule has 0 unspecified atom stereocenters. The Morgan fingerprint density at radius 3 is 2.74 bits per heavy atom. The number of halogens is 1. The summed E-state index contributed by atoms with van der Waals surface area (Å²) in [6.45, 7) is 6.58. The molecule has 2 aromatic rings. The second kappa shape index (κ2) is 11.7. The van der Waals surface area contributed by atoms with Gasteiger partial charge in [-0.05, 0) is 36.6 Å². The number of nitrogens with zero attached hydrogens (tertiary/aromatic N) is 5. The number of benzene rings is 1. The number of carbonyl (C=O) groups is 1. The van der Waals surface area contributed by atoms with Gasteiger partial charge in [0.15, 0.2) is 11.6 Å². The molecule has 0 spiro atoms. The standard InChI is InChI=1S/C24H32FN7O2/c1-16(2)11-32(12-18-5-3-17(9-26)4-6-18)24-22(25)23(29-15-30-24)28-10-19-7-8-31(13-20(19)33)14-21(27)34/h3-6,15-16,19-20,33H,7-8,10-14H2,1-2H3,(H2,27,34)(H,28,29,30)/t19-,20+/m1/s1. The van der Waals surface area contributed by atoms with Crippen LogP contribution in [0.4, 0.5) is 16.0 Å². The minimum atomic E-state index is -0.654. The first kappa shape index (κ1) is 25.3. The molecule has 4 N–H and O–H groups in total. The molecule has 1 aliphatic heterocycles. The van der Waals surface area contributed by atoms with Crippen molar-refractivity contribution in [2.45, 2.75) is 32.9 Å². The van der Waals surface area contributed by atoms with E-state index in [2.05, 4.69) is 35.2 Å². The van der Waals surface area contributed by atoms with E-state index in [9.17, 15) is 9.90 Å². The van der Waals surface area contributed by atoms with Crippen molar-refractivity contribution >= 4 is 17.5 Å². The van der Waals surface area contributed by atoms with Gasteiger partial charge in [-0.15, -0.1) is 0 Å². The summed E-state index contributed by atoms with van der Waals surface area (Å²) in [6, 6.07) is 9.30. The lowest BCUT2D eigenvalue weighted by Crippen LogP contribution is -2.48. The lowest BCUT2D eigenvalue weighted by atomic mass is 9.93. The van der Waals surface area contributed by atoms with Crippen LogP contribution in [0, 0.1) is 29.0 Å². The van der Waals surface area contributed by atoms with E-state index in [0.717, 1.165) is 5.56 Å². The maximum atomic E-state index is 15.5. The number of aliphatic hydroxyl groups excluding tert-OH is 1. The number of anilines is 2. The third kappa shape index (κ3) is 6.85. The molecule has 10 heteroatoms. The van der Waals surface area contributed by atoms with Crippen molar-refractivity contribution in [3.05, 3.63) is 47.5 Å². The number of rotatable bonds is 10. The van der Waals surface area contributed by atoms with E-state index in [1.165, 1.54) is 6.33 Å². The fourth-order valence-corrected chi connectivity index (χ4v) is 4.15. The number of piperidine rings is 1. The Morgan fingerprint density at radius 2 is 2.12 bits per heavy atom. The molecule has 34 heavy (non-hydrogen) atoms. The number of carbonyl (C=O) groups excluding carboxylic acids is 1. The van der Waals surface area contributed by atoms with Crippen LogP contribution in [-0.2, 0) is 11.3 Å². The summed E-state index contributed by atoms with van der Waals surface area (Å²) < 4.78 is 15.5. The summed E-state index contributed by atoms with van der Waals surface area (Å²) in [5.74, 6) is -0.515. The highest BCUT2D eigenvalue weighted by atomic mass is 19.1. The van der Waals surface area contributed by atoms with Crippen LogP contribution in [0.1, 0.15) is 31.4 Å². The summed E-state index contributed by atoms with van der Waals surface area (Å²) in [5, 5.41) is 22.5. The molecule has 1 saturated heterocycles. The van der Waals surface area contributed by atoms with Gasteiger partial charge in [0, 0.05) is 32.1 Å². The van der Waals surface area contributed by atoms with Crippen molar-refractivity contribution in [3.63, 3.8) is 0 Å². The van der Waals surface area contributed by atoms with E-state index in [4.69, 9.17) is 11.0 Å². The number of hydrogen-bond donors (Lipinski definition) is 3. The Balaban J connectivity index is 1.70. The summed E-state index contributed by atoms with van der Waals surface area (Å²) in [5.41, 5.74) is 6.75. The Labute approximate surface area is 199 Å². The second-order valence-corrected chi connectivity index (χ2v) is 9.14. The fourth-order valence-electron chi connectivity index (χ4n) is 4.15. The molecule has 9 nitrogen and oxygen atoms in total. The number of likely N-dealkylation sites (tertiary alicyclic amines) is 1. The average molecular weight is 470 g/mol. The minimum Gasteiger partial charge on any atom is -0.391 e. The molecule has 182 valence electrons. The molecule has 3 rings (SSSR count). The Morgan fingerprint density at radius 1 is 1.38 bits per heavy atom. The number of nitrogens with two attached hydrogens (primary N) is 1. The smallest absolute Gasteiger partial charge is 0.231 e. The van der Waals surface area contributed by atoms with Crippen molar-refractivity contribution in [2.75, 3.05) is 42.9 Å². The highest BCUT2D eigenvalue weighted by molar-refractivity contribution is 5.75. The number of hydrogen-bond acceptors (Lipinski definition) is 8. The van der Waals surface area contributed by atoms with Crippen molar-refractivity contribution in [1.29, 1.82) is 5.26 Å². The van der Waals surface area contributed by atoms with Gasteiger partial charge >= 0.3 is 0 Å². The van der Waals surface area contributed by atoms with Gasteiger partial charge in [-0.25, -0.2) is 9.97 Å². The predicted octanol–water partition coefficient (Wildman–Crippen LogP) is 1.73. The molecule has 0 bridgehead atoms. The molecule has 0 radical (unpaired) electrons. The van der Waals surface area contributed by atoms with E-state index in [-0.39, 0.29) is 30.0 Å². The molecular formula is C24H32FN7O2. The molecule has 1 aromatic heterocycles. The lowest BCUT2D eigenvalue weighted by molar-refractivity contribution is -0.120. The molecule has 1 fully saturated rings. The van der Waals surface area contributed by atoms with Crippen molar-refractivity contribution in [3.8, 4) is 6.07 Å². The first-order valence-electron chi connectivity index (χ1n) is 11.4. The van der Waals surface area contributed by atoms with Gasteiger partial charge in [-0.1, -0.05) is 26.0 Å². The fraction of sp³-hybridized carbons (Fsp3) is 0.500. The third-order valence-corrected chi connectivity index (χ3v) is 5.83. The Bertz CT molecular complexity index is 1010. The first-order valence-corrected chi connectivity index (χ1v) is 11.4. The average Bonchev–Trinajstić information content (AvgIpc) is 2.79. The van der Waals surface area contributed by atoms with Crippen LogP contribution < -0.4 is 16.0 Å². The Hall–Kier alpha value is -3.29. The number of β-amino-alcohol motifs (C(OH)–C–C–N with tert-alkyl or cyclic N) is 1. The van der Waals surface area contributed by atoms with Crippen LogP contribution in [0.15, 0.2) is 30.6 Å². The van der Waals surface area contributed by atoms with Crippen molar-refractivity contribution < 1.29 is 14.3 Å². The number of nitriles is 1. The summed E-state index contributed by atoms with van der Waals surface area (Å²) in [4.78, 5) is 23.1. The molecular weight excluding hydrogens is 437 g/mol. The van der Waals surface area contributed by atoms with Crippen LogP contribution in [0.3, 0.4) is 0 Å². The van der Waals surface area contributed by atoms with Crippen LogP contribution in [0.5, 0.6) is 0 Å². The highest BCUT2D eigenvalue weighted by Gasteiger charge is 2.29. The quantitative estimate of drug-likeness (QED) is 0.479. The Kier molecular flexibility index (Phi) is 8.73. The monoisotopic (exact) mass is 469 g/mol. The van der Waals surface area contributed by atoms with Gasteiger partial charge < -0.3 is 21.1 Å². The van der Waals surface area contributed by atoms with Gasteiger partial charge in [0.1, 0.15) is 6.33 Å². The topological polar surface area (TPSA) is 131 Å². The number of nitrogens with one attached hydrogen (secondary N) is 1. The SMILES string of the molecule is CC(C)CN(Cc1ccc(C#N)cc1)c1ncnc(NC[C@H]2CCN(CC(N)=O)C[C@@H]2O)c1F. The van der Waals surface area contributed by atoms with Crippen LogP contribution in [0.25, 0.3) is 0 Å². The first-order chi connectivity index (χ1) is 16.3. The van der Waals surface area contributed by atoms with E-state index in [1.807, 2.05) is 21.9 Å². The van der Waals surface area contributed by atoms with Crippen LogP contribution >= 0.6 is 0 Å². The maximum Gasteiger partial charge on any atom is 0.231 e. The molecule has 1 aromatic carbocycles. The largest absolute Gasteiger partial charge is 0.391 e. The molecule has 2 atom stereocenters. The number of aliphatic hydroxyl groups is 1. The van der Waals surface area contributed by atoms with Crippen molar-refractivity contribution in [2.24, 2.45) is 17.6 Å². The lowest BCUT2D eigenvalue weighted by Gasteiger charge is -2.35. The number of aromatic nitrogens is 2. The maximum absolute atomic E-state index is 15.5. The summed E-state index contributed by atoms with van der Waals surface area (Å²) in [6.07, 6.45) is 1.33. The number of amides is 1. The zero-order valence-electron chi connectivity index (χ0n) is 19.6. The third-order valence-electron chi connectivity index (χ3n) is 5.83. The highest BCUT2D eigenvalue weighted by Crippen LogP contribution is 2.25. The van der Waals surface area contributed by atoms with Gasteiger partial charge in [0.2, 0.25) is 11.7 Å². The van der Waals surface area contributed by atoms with Gasteiger partial charge in [0.25, 0.3) is 0 Å². The van der Waals surface area contributed by atoms with E-state index < -0.39 is 17.8 Å². The van der Waals surface area contributed by atoms with Crippen LogP contribution in [0.2, 0.25) is 0 Å². The second-order valence-electron chi connectivity index (χ2n) is 9.14. The van der Waals surface area contributed by atoms with E-state index >= 15 is 4.39 Å². The molecule has 1 aliphatic rings. The summed E-state index contributed by atoms with van der Waals surface area (Å²) in [7, 11) is 0. The molecule has 0 saturated carbocycles. The zero-order chi connectivity index (χ0) is 24.7. The van der Waals surface area contributed by atoms with Crippen molar-refractivity contribution in [1.82, 2.24) is 14.9 Å². The molecule has 0 aliphatic carbocycles. The van der Waals surface area contributed by atoms with Gasteiger partial charge in [-0.3, -0.25) is 9.69 Å².